The van der Waals surface area contributed by atoms with Gasteiger partial charge in [-0.3, -0.25) is 0 Å². The van der Waals surface area contributed by atoms with Crippen LogP contribution in [0, 0.1) is 0 Å². The molecule has 0 saturated carbocycles. The molecule has 0 aliphatic carbocycles. The molecule has 0 aromatic carbocycles. The van der Waals surface area contributed by atoms with Gasteiger partial charge < -0.3 is 38.3 Å². The van der Waals surface area contributed by atoms with E-state index in [1.54, 1.807) is 0 Å². The minimum Gasteiger partial charge on any atom is -2.00 e. The van der Waals surface area contributed by atoms with E-state index in [1.807, 2.05) is 0 Å². The maximum Gasteiger partial charge on any atom is 4.00 e. The first kappa shape index (κ1) is 329. The van der Waals surface area contributed by atoms with Gasteiger partial charge in [0.05, 0.1) is 0 Å². The first-order valence-corrected chi connectivity index (χ1v) is 0. The average Bonchev–Trinajstić information content (AvgIpc) is 0. The standard InChI is InChI=1S/2Ge.2In.7O/q2*+4;2*+3;7*-2. The van der Waals surface area contributed by atoms with E-state index in [9.17, 15) is 0 Å². The Kier molecular flexibility index (Phi) is 7720. The van der Waals surface area contributed by atoms with E-state index in [1.165, 1.54) is 0 Å². The van der Waals surface area contributed by atoms with Crippen molar-refractivity contribution in [3.8, 4) is 0 Å². The van der Waals surface area contributed by atoms with Crippen LogP contribution in [0.2, 0.25) is 0 Å². The summed E-state index contributed by atoms with van der Waals surface area (Å²) in [5, 5.41) is 0. The van der Waals surface area contributed by atoms with Crippen LogP contribution in [0.1, 0.15) is 0 Å². The van der Waals surface area contributed by atoms with Crippen molar-refractivity contribution in [2.75, 3.05) is 0 Å². The Labute approximate surface area is 124 Å². The molecule has 0 unspecified atom stereocenters. The van der Waals surface area contributed by atoms with Crippen LogP contribution in [0.25, 0.3) is 0 Å². The largest absolute Gasteiger partial charge is 4.00 e. The number of hydrogen-bond acceptors (Lipinski definition) is 0. The third-order valence-corrected chi connectivity index (χ3v) is 0. The molecule has 0 saturated heterocycles. The summed E-state index contributed by atoms with van der Waals surface area (Å²) in [6.45, 7) is 0. The van der Waals surface area contributed by atoms with Gasteiger partial charge in [-0.05, 0) is 0 Å². The molecule has 56 valence electrons. The first-order valence-electron chi connectivity index (χ1n) is 0. The Balaban J connectivity index is 0. The van der Waals surface area contributed by atoms with Gasteiger partial charge in [-0.25, -0.2) is 0 Å². The van der Waals surface area contributed by atoms with Crippen molar-refractivity contribution in [1.82, 2.24) is 0 Å². The SMILES string of the molecule is [Ge+4].[Ge+4].[In+3].[In+3].[O-2].[O-2].[O-2].[O-2].[O-2].[O-2].[O-2]. The van der Waals surface area contributed by atoms with Crippen LogP contribution < -0.4 is 0 Å². The summed E-state index contributed by atoms with van der Waals surface area (Å²) in [5.41, 5.74) is 0. The van der Waals surface area contributed by atoms with E-state index in [0.717, 1.165) is 0 Å². The van der Waals surface area contributed by atoms with Gasteiger partial charge in [0, 0.05) is 0 Å². The third-order valence-electron chi connectivity index (χ3n) is 0. The van der Waals surface area contributed by atoms with Crippen LogP contribution >= 0.6 is 0 Å². The molecule has 0 bridgehead atoms. The summed E-state index contributed by atoms with van der Waals surface area (Å²) in [7, 11) is 0. The molecule has 0 heterocycles. The van der Waals surface area contributed by atoms with Gasteiger partial charge in [-0.1, -0.05) is 0 Å². The number of hydrogen-bond donors (Lipinski definition) is 0. The van der Waals surface area contributed by atoms with Crippen molar-refractivity contribution >= 4 is 86.9 Å². The smallest absolute Gasteiger partial charge is 2.00 e. The van der Waals surface area contributed by atoms with Crippen molar-refractivity contribution in [3.63, 3.8) is 0 Å². The van der Waals surface area contributed by atoms with Crippen molar-refractivity contribution in [1.29, 1.82) is 0 Å². The maximum absolute atomic E-state index is 0. The van der Waals surface area contributed by atoms with E-state index < -0.39 is 0 Å². The predicted molar refractivity (Wildman–Crippen MR) is 27.8 cm³/mol. The van der Waals surface area contributed by atoms with E-state index in [4.69, 9.17) is 0 Å². The summed E-state index contributed by atoms with van der Waals surface area (Å²) < 4.78 is 0. The molecule has 0 atom stereocenters. The quantitative estimate of drug-likeness (QED) is 0.330. The van der Waals surface area contributed by atoms with Gasteiger partial charge >= 0.3 is 86.9 Å². The van der Waals surface area contributed by atoms with Gasteiger partial charge in [0.2, 0.25) is 0 Å². The molecule has 0 rings (SSSR count). The molecule has 0 fully saturated rings. The zero-order valence-electron chi connectivity index (χ0n) is 5.01. The average molecular weight is 487 g/mol. The molecule has 0 amide bonds. The van der Waals surface area contributed by atoms with Crippen LogP contribution in [0.15, 0.2) is 0 Å². The third kappa shape index (κ3) is 215. The summed E-state index contributed by atoms with van der Waals surface area (Å²) in [4.78, 5) is 0. The van der Waals surface area contributed by atoms with Crippen molar-refractivity contribution in [2.45, 2.75) is 0 Å². The van der Waals surface area contributed by atoms with E-state index >= 15 is 0 Å². The molecule has 11 heavy (non-hydrogen) atoms. The predicted octanol–water partition coefficient (Wildman–Crippen LogP) is -2.35. The van der Waals surface area contributed by atoms with Gasteiger partial charge in [-0.15, -0.1) is 0 Å². The fraction of sp³-hybridized carbons (Fsp3) is 0. The second-order valence-electron chi connectivity index (χ2n) is 0. The molecule has 0 spiro atoms. The van der Waals surface area contributed by atoms with E-state index in [0.29, 0.717) is 0 Å². The molecule has 0 aliphatic heterocycles. The summed E-state index contributed by atoms with van der Waals surface area (Å²) in [5.74, 6) is 0. The van der Waals surface area contributed by atoms with Crippen LogP contribution in [0.3, 0.4) is 0 Å². The fourth-order valence-corrected chi connectivity index (χ4v) is 0. The Hall–Kier alpha value is 2.55. The van der Waals surface area contributed by atoms with Gasteiger partial charge in [-0.2, -0.15) is 0 Å². The van der Waals surface area contributed by atoms with Crippen LogP contribution in [0.4, 0.5) is 0 Å². The van der Waals surface area contributed by atoms with E-state index in [-0.39, 0.29) is 125 Å². The second-order valence-corrected chi connectivity index (χ2v) is 0. The van der Waals surface area contributed by atoms with Gasteiger partial charge in [0.1, 0.15) is 0 Å². The Morgan fingerprint density at radius 3 is 0.273 bits per heavy atom. The molecular formula is Ge2In2O7. The minimum absolute atomic E-state index is 0. The zero-order valence-corrected chi connectivity index (χ0v) is 15.8. The molecule has 0 aliphatic rings. The minimum atomic E-state index is 0. The summed E-state index contributed by atoms with van der Waals surface area (Å²) in [6, 6.07) is 0. The monoisotopic (exact) mass is 490 g/mol. The fourth-order valence-electron chi connectivity index (χ4n) is 0. The second kappa shape index (κ2) is 258. The van der Waals surface area contributed by atoms with Crippen molar-refractivity contribution < 1.29 is 38.3 Å². The van der Waals surface area contributed by atoms with Gasteiger partial charge in [0.25, 0.3) is 0 Å². The normalized spacial score (nSPS) is 0. The van der Waals surface area contributed by atoms with Crippen LogP contribution in [-0.4, -0.2) is 86.9 Å². The Bertz CT molecular complexity index is 14.4. The molecule has 0 aromatic rings. The molecule has 0 N–H and O–H groups in total. The zero-order chi connectivity index (χ0) is 0. The number of rotatable bonds is 0. The first-order chi connectivity index (χ1) is 0. The summed E-state index contributed by atoms with van der Waals surface area (Å²) in [6.07, 6.45) is 0. The molecule has 11 heteroatoms. The van der Waals surface area contributed by atoms with Crippen LogP contribution in [0.5, 0.6) is 0 Å². The van der Waals surface area contributed by atoms with Crippen molar-refractivity contribution in [2.24, 2.45) is 0 Å². The molecule has 7 nitrogen and oxygen atoms in total. The van der Waals surface area contributed by atoms with E-state index in [2.05, 4.69) is 0 Å². The molecule has 0 radical (unpaired) electrons. The van der Waals surface area contributed by atoms with Crippen LogP contribution in [-0.2, 0) is 38.3 Å². The summed E-state index contributed by atoms with van der Waals surface area (Å²) >= 11 is 0. The Morgan fingerprint density at radius 2 is 0.273 bits per heavy atom. The Morgan fingerprint density at radius 1 is 0.273 bits per heavy atom. The van der Waals surface area contributed by atoms with Gasteiger partial charge in [0.15, 0.2) is 0 Å². The maximum atomic E-state index is 0. The molecular weight excluding hydrogens is 487 g/mol. The topological polar surface area (TPSA) is 200 Å². The van der Waals surface area contributed by atoms with Crippen molar-refractivity contribution in [3.05, 3.63) is 0 Å². The molecule has 0 aromatic heterocycles.